The number of nitrogens with two attached hydrogens (primary N) is 1. The second-order valence-electron chi connectivity index (χ2n) is 11.4. The number of ether oxygens (including phenoxy) is 3. The van der Waals surface area contributed by atoms with Gasteiger partial charge in [0.1, 0.15) is 0 Å². The molecule has 3 atom stereocenters. The fourth-order valence-corrected chi connectivity index (χ4v) is 6.06. The van der Waals surface area contributed by atoms with E-state index in [2.05, 4.69) is 32.6 Å². The van der Waals surface area contributed by atoms with E-state index in [0.717, 1.165) is 37.7 Å². The lowest BCUT2D eigenvalue weighted by atomic mass is 9.76. The van der Waals surface area contributed by atoms with E-state index >= 15 is 0 Å². The first-order valence-corrected chi connectivity index (χ1v) is 14.1. The Balaban J connectivity index is 1.96. The number of likely N-dealkylation sites (tertiary alicyclic amines) is 1. The summed E-state index contributed by atoms with van der Waals surface area (Å²) in [7, 11) is 1.57. The minimum atomic E-state index is -0.843. The highest BCUT2D eigenvalue weighted by Crippen LogP contribution is 2.48. The average Bonchev–Trinajstić information content (AvgIpc) is 3.48. The fourth-order valence-electron chi connectivity index (χ4n) is 6.06. The number of hydrogen-bond acceptors (Lipinski definition) is 7. The molecule has 9 nitrogen and oxygen atoms in total. The van der Waals surface area contributed by atoms with Crippen LogP contribution in [0.5, 0.6) is 17.2 Å². The van der Waals surface area contributed by atoms with Gasteiger partial charge in [-0.05, 0) is 55.3 Å². The van der Waals surface area contributed by atoms with Crippen LogP contribution in [0.4, 0.5) is 0 Å². The molecule has 38 heavy (non-hydrogen) atoms. The molecule has 3 rings (SSSR count). The van der Waals surface area contributed by atoms with Crippen molar-refractivity contribution in [2.75, 3.05) is 46.6 Å². The van der Waals surface area contributed by atoms with Crippen molar-refractivity contribution in [3.8, 4) is 17.2 Å². The normalized spacial score (nSPS) is 21.1. The Morgan fingerprint density at radius 2 is 1.92 bits per heavy atom. The monoisotopic (exact) mass is 533 g/mol. The Labute approximate surface area is 227 Å². The van der Waals surface area contributed by atoms with E-state index < -0.39 is 11.9 Å². The Kier molecular flexibility index (Phi) is 10.7. The first-order valence-electron chi connectivity index (χ1n) is 14.1. The Morgan fingerprint density at radius 3 is 2.55 bits per heavy atom. The van der Waals surface area contributed by atoms with Gasteiger partial charge in [0.2, 0.25) is 18.4 Å². The van der Waals surface area contributed by atoms with E-state index in [0.29, 0.717) is 49.8 Å². The molecule has 1 aromatic carbocycles. The van der Waals surface area contributed by atoms with Crippen LogP contribution in [-0.2, 0) is 9.59 Å². The van der Waals surface area contributed by atoms with E-state index in [1.54, 1.807) is 7.11 Å². The summed E-state index contributed by atoms with van der Waals surface area (Å²) in [5.41, 5.74) is 6.52. The molecule has 1 saturated heterocycles. The molecule has 1 amide bonds. The number of hydrogen-bond donors (Lipinski definition) is 2. The van der Waals surface area contributed by atoms with Gasteiger partial charge in [-0.1, -0.05) is 40.5 Å². The third-order valence-corrected chi connectivity index (χ3v) is 7.94. The molecule has 3 N–H and O–H groups in total. The number of amides is 1. The topological polar surface area (TPSA) is 115 Å². The lowest BCUT2D eigenvalue weighted by Crippen LogP contribution is -2.46. The van der Waals surface area contributed by atoms with Crippen LogP contribution < -0.4 is 19.9 Å². The molecule has 9 heteroatoms. The van der Waals surface area contributed by atoms with Crippen molar-refractivity contribution in [1.82, 2.24) is 9.80 Å². The lowest BCUT2D eigenvalue weighted by molar-refractivity contribution is -0.144. The number of fused-ring (bicyclic) bond motifs is 1. The zero-order valence-electron chi connectivity index (χ0n) is 23.8. The van der Waals surface area contributed by atoms with Gasteiger partial charge in [-0.15, -0.1) is 0 Å². The number of unbranched alkanes of at least 4 members (excludes halogenated alkanes) is 1. The van der Waals surface area contributed by atoms with Gasteiger partial charge in [0.15, 0.2) is 11.5 Å². The highest BCUT2D eigenvalue weighted by molar-refractivity contribution is 5.79. The van der Waals surface area contributed by atoms with Gasteiger partial charge in [-0.25, -0.2) is 0 Å². The van der Waals surface area contributed by atoms with Crippen LogP contribution in [0.1, 0.15) is 77.7 Å². The number of nitrogens with zero attached hydrogens (tertiary/aromatic N) is 2. The number of aliphatic carboxylic acids is 1. The lowest BCUT2D eigenvalue weighted by Gasteiger charge is -2.35. The molecule has 1 aromatic rings. The quantitative estimate of drug-likeness (QED) is 0.347. The third-order valence-electron chi connectivity index (χ3n) is 7.94. The maximum absolute atomic E-state index is 13.6. The minimum absolute atomic E-state index is 0.0400. The molecule has 3 unspecified atom stereocenters. The molecule has 0 aromatic heterocycles. The second-order valence-corrected chi connectivity index (χ2v) is 11.4. The summed E-state index contributed by atoms with van der Waals surface area (Å²) in [6.07, 6.45) is 5.38. The van der Waals surface area contributed by atoms with Crippen LogP contribution in [-0.4, -0.2) is 79.5 Å². The highest BCUT2D eigenvalue weighted by Gasteiger charge is 2.49. The maximum atomic E-state index is 13.6. The van der Waals surface area contributed by atoms with Crippen molar-refractivity contribution in [1.29, 1.82) is 0 Å². The minimum Gasteiger partial charge on any atom is -0.493 e. The first-order chi connectivity index (χ1) is 18.1. The third kappa shape index (κ3) is 7.11. The summed E-state index contributed by atoms with van der Waals surface area (Å²) < 4.78 is 16.8. The Bertz CT molecular complexity index is 944. The zero-order valence-corrected chi connectivity index (χ0v) is 23.8. The standard InChI is InChI=1S/C29H47N3O6/c1-6-8-12-31(13-9-11-30)25(33)18-32-17-21(20-14-23(36-5)27-24(15-20)37-19-38-27)26(28(34)35)22(32)16-29(3,4)10-7-2/h14-15,21-22,26H,6-13,16-19,30H2,1-5H3,(H,34,35). The summed E-state index contributed by atoms with van der Waals surface area (Å²) in [5.74, 6) is -0.155. The van der Waals surface area contributed by atoms with Gasteiger partial charge in [0.25, 0.3) is 0 Å². The van der Waals surface area contributed by atoms with Crippen molar-refractivity contribution in [2.45, 2.75) is 78.2 Å². The molecule has 1 fully saturated rings. The summed E-state index contributed by atoms with van der Waals surface area (Å²) in [6, 6.07) is 3.46. The van der Waals surface area contributed by atoms with Gasteiger partial charge in [-0.3, -0.25) is 14.5 Å². The van der Waals surface area contributed by atoms with Crippen molar-refractivity contribution in [2.24, 2.45) is 17.1 Å². The van der Waals surface area contributed by atoms with Gasteiger partial charge in [0, 0.05) is 31.6 Å². The molecule has 0 aliphatic carbocycles. The van der Waals surface area contributed by atoms with E-state index in [1.165, 1.54) is 0 Å². The summed E-state index contributed by atoms with van der Waals surface area (Å²) in [6.45, 7) is 11.3. The van der Waals surface area contributed by atoms with Crippen molar-refractivity contribution < 1.29 is 28.9 Å². The summed E-state index contributed by atoms with van der Waals surface area (Å²) in [4.78, 5) is 30.4. The first kappa shape index (κ1) is 30.0. The largest absolute Gasteiger partial charge is 0.493 e. The molecule has 2 heterocycles. The molecular formula is C29H47N3O6. The number of carboxylic acids is 1. The Morgan fingerprint density at radius 1 is 1.18 bits per heavy atom. The second kappa shape index (κ2) is 13.5. The number of benzene rings is 1. The van der Waals surface area contributed by atoms with E-state index in [1.807, 2.05) is 17.0 Å². The Hall–Kier alpha value is -2.52. The van der Waals surface area contributed by atoms with Crippen LogP contribution in [0, 0.1) is 11.3 Å². The smallest absolute Gasteiger partial charge is 0.308 e. The number of carbonyl (C=O) groups is 2. The highest BCUT2D eigenvalue weighted by atomic mass is 16.7. The number of carbonyl (C=O) groups excluding carboxylic acids is 1. The molecule has 0 spiro atoms. The predicted octanol–water partition coefficient (Wildman–Crippen LogP) is 4.09. The number of methoxy groups -OCH3 is 1. The van der Waals surface area contributed by atoms with Crippen LogP contribution in [0.25, 0.3) is 0 Å². The van der Waals surface area contributed by atoms with Crippen molar-refractivity contribution >= 4 is 11.9 Å². The molecular weight excluding hydrogens is 486 g/mol. The maximum Gasteiger partial charge on any atom is 0.308 e. The van der Waals surface area contributed by atoms with Gasteiger partial charge >= 0.3 is 5.97 Å². The van der Waals surface area contributed by atoms with Crippen LogP contribution >= 0.6 is 0 Å². The number of carboxylic acid groups (broad SMARTS) is 1. The summed E-state index contributed by atoms with van der Waals surface area (Å²) >= 11 is 0. The fraction of sp³-hybridized carbons (Fsp3) is 0.724. The van der Waals surface area contributed by atoms with E-state index in [9.17, 15) is 14.7 Å². The van der Waals surface area contributed by atoms with Gasteiger partial charge in [-0.2, -0.15) is 0 Å². The van der Waals surface area contributed by atoms with Crippen LogP contribution in [0.2, 0.25) is 0 Å². The van der Waals surface area contributed by atoms with Crippen LogP contribution in [0.3, 0.4) is 0 Å². The number of rotatable bonds is 15. The van der Waals surface area contributed by atoms with E-state index in [4.69, 9.17) is 19.9 Å². The molecule has 0 radical (unpaired) electrons. The van der Waals surface area contributed by atoms with Crippen molar-refractivity contribution in [3.05, 3.63) is 17.7 Å². The van der Waals surface area contributed by atoms with E-state index in [-0.39, 0.29) is 36.6 Å². The molecule has 0 saturated carbocycles. The average molecular weight is 534 g/mol. The zero-order chi connectivity index (χ0) is 27.9. The van der Waals surface area contributed by atoms with Crippen LogP contribution in [0.15, 0.2) is 12.1 Å². The summed E-state index contributed by atoms with van der Waals surface area (Å²) in [5, 5.41) is 10.5. The molecule has 0 bridgehead atoms. The van der Waals surface area contributed by atoms with Gasteiger partial charge in [0.05, 0.1) is 19.6 Å². The van der Waals surface area contributed by atoms with Gasteiger partial charge < -0.3 is 30.0 Å². The van der Waals surface area contributed by atoms with Crippen molar-refractivity contribution in [3.63, 3.8) is 0 Å². The SMILES string of the molecule is CCCCN(CCCN)C(=O)CN1CC(c2cc(OC)c3c(c2)OCO3)C(C(=O)O)C1CC(C)(C)CCC. The predicted molar refractivity (Wildman–Crippen MR) is 147 cm³/mol. The molecule has 2 aliphatic heterocycles. The molecule has 214 valence electrons. The molecule has 2 aliphatic rings.